The Balaban J connectivity index is 2.54. The number of aromatic hydroxyl groups is 1. The number of carbonyl (C=O) groups excluding carboxylic acids is 2. The van der Waals surface area contributed by atoms with Crippen molar-refractivity contribution in [2.45, 2.75) is 38.6 Å². The molecule has 0 aliphatic carbocycles. The van der Waals surface area contributed by atoms with Crippen molar-refractivity contribution in [2.24, 2.45) is 5.92 Å². The molecule has 0 bridgehead atoms. The van der Waals surface area contributed by atoms with Crippen molar-refractivity contribution in [2.75, 3.05) is 7.11 Å². The monoisotopic (exact) mass is 394 g/mol. The molecule has 8 heteroatoms. The van der Waals surface area contributed by atoms with Crippen molar-refractivity contribution >= 4 is 17.8 Å². The molecule has 152 valence electrons. The molecule has 3 N–H and O–H groups in total. The van der Waals surface area contributed by atoms with Crippen LogP contribution in [0.4, 0.5) is 4.39 Å². The summed E-state index contributed by atoms with van der Waals surface area (Å²) in [6, 6.07) is 2.74. The van der Waals surface area contributed by atoms with Gasteiger partial charge in [-0.3, -0.25) is 4.79 Å². The zero-order valence-corrected chi connectivity index (χ0v) is 15.8. The summed E-state index contributed by atoms with van der Waals surface area (Å²) in [6.45, 7) is 3.03. The quantitative estimate of drug-likeness (QED) is 0.626. The van der Waals surface area contributed by atoms with Crippen molar-refractivity contribution in [3.05, 3.63) is 41.2 Å². The molecule has 28 heavy (non-hydrogen) atoms. The number of carbonyl (C=O) groups is 2. The minimum atomic E-state index is -1.94. The highest BCUT2D eigenvalue weighted by Crippen LogP contribution is 2.31. The van der Waals surface area contributed by atoms with E-state index in [0.29, 0.717) is 0 Å². The Labute approximate surface area is 161 Å². The lowest BCUT2D eigenvalue weighted by molar-refractivity contribution is -0.130. The van der Waals surface area contributed by atoms with Gasteiger partial charge in [0.25, 0.3) is 0 Å². The largest absolute Gasteiger partial charge is 0.507 e. The number of ketones is 1. The molecule has 2 unspecified atom stereocenters. The molecule has 0 radical (unpaired) electrons. The molecule has 1 aromatic carbocycles. The number of Topliss-reactive ketones (excluding diaryl/α,β-unsaturated/α-hetero) is 1. The van der Waals surface area contributed by atoms with Gasteiger partial charge in [0.1, 0.15) is 29.3 Å². The molecule has 1 heterocycles. The average molecular weight is 394 g/mol. The summed E-state index contributed by atoms with van der Waals surface area (Å²) in [7, 11) is 1.39. The van der Waals surface area contributed by atoms with Crippen LogP contribution in [0.25, 0.3) is 6.08 Å². The van der Waals surface area contributed by atoms with Crippen LogP contribution in [-0.4, -0.2) is 52.5 Å². The molecule has 1 aliphatic heterocycles. The molecule has 0 amide bonds. The number of hydrogen-bond acceptors (Lipinski definition) is 7. The third kappa shape index (κ3) is 4.76. The van der Waals surface area contributed by atoms with Crippen LogP contribution in [0.15, 0.2) is 30.1 Å². The number of fused-ring (bicyclic) bond motifs is 1. The molecule has 7 nitrogen and oxygen atoms in total. The Morgan fingerprint density at radius 2 is 1.89 bits per heavy atom. The van der Waals surface area contributed by atoms with Crippen LogP contribution < -0.4 is 4.74 Å². The fraction of sp³-hybridized carbons (Fsp3) is 0.400. The first-order valence-corrected chi connectivity index (χ1v) is 8.71. The number of aliphatic hydroxyl groups is 2. The highest BCUT2D eigenvalue weighted by Gasteiger charge is 2.29. The summed E-state index contributed by atoms with van der Waals surface area (Å²) in [5.41, 5.74) is 0.136. The van der Waals surface area contributed by atoms with Gasteiger partial charge in [0.15, 0.2) is 5.83 Å². The minimum Gasteiger partial charge on any atom is -0.507 e. The lowest BCUT2D eigenvalue weighted by Gasteiger charge is -2.20. The fourth-order valence-electron chi connectivity index (χ4n) is 2.66. The number of benzene rings is 1. The van der Waals surface area contributed by atoms with E-state index in [1.54, 1.807) is 0 Å². The van der Waals surface area contributed by atoms with Crippen molar-refractivity contribution < 1.29 is 38.8 Å². The van der Waals surface area contributed by atoms with Gasteiger partial charge in [-0.1, -0.05) is 19.1 Å². The number of rotatable bonds is 1. The number of phenols is 1. The molecular formula is C20H23FO7. The normalized spacial score (nSPS) is 29.7. The van der Waals surface area contributed by atoms with Gasteiger partial charge < -0.3 is 24.8 Å². The lowest BCUT2D eigenvalue weighted by Crippen LogP contribution is -2.34. The second kappa shape index (κ2) is 8.99. The summed E-state index contributed by atoms with van der Waals surface area (Å²) in [5, 5.41) is 30.1. The smallest absolute Gasteiger partial charge is 0.342 e. The Bertz CT molecular complexity index is 815. The number of ether oxygens (including phenoxy) is 2. The third-order valence-corrected chi connectivity index (χ3v) is 4.55. The van der Waals surface area contributed by atoms with Crippen LogP contribution in [0.5, 0.6) is 11.5 Å². The maximum Gasteiger partial charge on any atom is 0.342 e. The summed E-state index contributed by atoms with van der Waals surface area (Å²) in [5.74, 6) is -4.10. The van der Waals surface area contributed by atoms with Crippen LogP contribution in [0.3, 0.4) is 0 Å². The summed E-state index contributed by atoms with van der Waals surface area (Å²) in [4.78, 5) is 24.5. The molecule has 0 saturated heterocycles. The number of cyclic esters (lactones) is 1. The van der Waals surface area contributed by atoms with Crippen molar-refractivity contribution in [3.63, 3.8) is 0 Å². The van der Waals surface area contributed by atoms with E-state index in [1.165, 1.54) is 45.2 Å². The summed E-state index contributed by atoms with van der Waals surface area (Å²) < 4.78 is 24.5. The van der Waals surface area contributed by atoms with Gasteiger partial charge in [-0.25, -0.2) is 9.18 Å². The first-order chi connectivity index (χ1) is 13.1. The van der Waals surface area contributed by atoms with Crippen molar-refractivity contribution in [3.8, 4) is 11.5 Å². The predicted molar refractivity (Wildman–Crippen MR) is 98.6 cm³/mol. The summed E-state index contributed by atoms with van der Waals surface area (Å²) in [6.07, 6.45) is -0.808. The summed E-state index contributed by atoms with van der Waals surface area (Å²) >= 11 is 0. The average Bonchev–Trinajstić information content (AvgIpc) is 2.65. The molecule has 2 rings (SSSR count). The van der Waals surface area contributed by atoms with E-state index in [0.717, 1.165) is 6.08 Å². The van der Waals surface area contributed by atoms with Crippen LogP contribution in [0.1, 0.15) is 36.2 Å². The van der Waals surface area contributed by atoms with E-state index in [9.17, 15) is 29.3 Å². The topological polar surface area (TPSA) is 113 Å². The third-order valence-electron chi connectivity index (χ3n) is 4.55. The highest BCUT2D eigenvalue weighted by atomic mass is 19.1. The Morgan fingerprint density at radius 1 is 1.21 bits per heavy atom. The van der Waals surface area contributed by atoms with Gasteiger partial charge in [-0.2, -0.15) is 0 Å². The lowest BCUT2D eigenvalue weighted by atomic mass is 9.99. The molecule has 0 fully saturated rings. The predicted octanol–water partition coefficient (Wildman–Crippen LogP) is 2.14. The second-order valence-corrected chi connectivity index (χ2v) is 6.61. The molecule has 0 spiro atoms. The van der Waals surface area contributed by atoms with Crippen LogP contribution in [0, 0.1) is 5.92 Å². The highest BCUT2D eigenvalue weighted by molar-refractivity contribution is 5.98. The van der Waals surface area contributed by atoms with Crippen molar-refractivity contribution in [1.82, 2.24) is 0 Å². The zero-order valence-electron chi connectivity index (χ0n) is 15.8. The zero-order chi connectivity index (χ0) is 21.0. The van der Waals surface area contributed by atoms with Gasteiger partial charge >= 0.3 is 5.97 Å². The Morgan fingerprint density at radius 3 is 2.54 bits per heavy atom. The number of hydrogen-bond donors (Lipinski definition) is 3. The minimum absolute atomic E-state index is 0.122. The van der Waals surface area contributed by atoms with Gasteiger partial charge in [-0.05, 0) is 31.1 Å². The maximum atomic E-state index is 14.1. The van der Waals surface area contributed by atoms with E-state index in [-0.39, 0.29) is 29.0 Å². The molecule has 1 aromatic rings. The number of methoxy groups -OCH3 is 1. The van der Waals surface area contributed by atoms with Crippen molar-refractivity contribution in [1.29, 1.82) is 0 Å². The first-order valence-electron chi connectivity index (χ1n) is 8.71. The molecule has 0 saturated carbocycles. The number of aliphatic hydroxyl groups excluding tert-OH is 2. The van der Waals surface area contributed by atoms with E-state index >= 15 is 0 Å². The Hall–Kier alpha value is -2.71. The van der Waals surface area contributed by atoms with Crippen LogP contribution >= 0.6 is 0 Å². The van der Waals surface area contributed by atoms with Gasteiger partial charge in [0.2, 0.25) is 5.78 Å². The number of phenolic OH excluding ortho intramolecular Hbond substituents is 1. The number of esters is 1. The molecular weight excluding hydrogens is 371 g/mol. The Kier molecular flexibility index (Phi) is 6.93. The van der Waals surface area contributed by atoms with E-state index in [2.05, 4.69) is 0 Å². The van der Waals surface area contributed by atoms with Gasteiger partial charge in [0, 0.05) is 12.0 Å². The van der Waals surface area contributed by atoms with Crippen LogP contribution in [-0.2, 0) is 9.53 Å². The molecule has 0 aromatic heterocycles. The second-order valence-electron chi connectivity index (χ2n) is 6.61. The standard InChI is InChI=1S/C20H23FO7/c1-10-7-14(21)18(24)19(25)15(22)6-4-5-12-8-13(27-3)9-16(23)17(12)20(26)28-11(10)2/h4-5,7-11,15,19,22-23,25H,6H2,1-3H3/b5-4+,14-7+/t10?,11-,15?,19-/m0/s1. The van der Waals surface area contributed by atoms with E-state index < -0.39 is 41.8 Å². The van der Waals surface area contributed by atoms with Gasteiger partial charge in [0.05, 0.1) is 13.2 Å². The number of halogens is 1. The maximum absolute atomic E-state index is 14.1. The SMILES string of the molecule is COc1cc(O)c2c(c1)/C=C/CC(O)[C@H](O)C(=O)/C(F)=C\C(C)[C@H](C)OC2=O. The van der Waals surface area contributed by atoms with Crippen LogP contribution in [0.2, 0.25) is 0 Å². The molecule has 4 atom stereocenters. The first kappa shape index (κ1) is 21.6. The molecule has 1 aliphatic rings. The fourth-order valence-corrected chi connectivity index (χ4v) is 2.66. The van der Waals surface area contributed by atoms with E-state index in [1.807, 2.05) is 0 Å². The van der Waals surface area contributed by atoms with E-state index in [4.69, 9.17) is 9.47 Å². The van der Waals surface area contributed by atoms with Gasteiger partial charge in [-0.15, -0.1) is 0 Å².